The van der Waals surface area contributed by atoms with Gasteiger partial charge in [-0.2, -0.15) is 10.2 Å². The zero-order valence-electron chi connectivity index (χ0n) is 11.1. The first-order valence-electron chi connectivity index (χ1n) is 6.37. The van der Waals surface area contributed by atoms with Crippen LogP contribution in [0.25, 0.3) is 11.1 Å². The Hall–Kier alpha value is -3.26. The van der Waals surface area contributed by atoms with E-state index >= 15 is 0 Å². The Morgan fingerprint density at radius 3 is 2.52 bits per heavy atom. The maximum Gasteiger partial charge on any atom is 0.236 e. The highest BCUT2D eigenvalue weighted by Crippen LogP contribution is 2.23. The van der Waals surface area contributed by atoms with Crippen molar-refractivity contribution in [1.82, 2.24) is 15.0 Å². The second-order valence-corrected chi connectivity index (χ2v) is 4.32. The van der Waals surface area contributed by atoms with Crippen LogP contribution in [0.1, 0.15) is 5.82 Å². The molecule has 0 bridgehead atoms. The van der Waals surface area contributed by atoms with Crippen molar-refractivity contribution in [2.45, 2.75) is 0 Å². The second-order valence-electron chi connectivity index (χ2n) is 4.32. The molecule has 3 aromatic rings. The van der Waals surface area contributed by atoms with Crippen molar-refractivity contribution in [2.24, 2.45) is 0 Å². The van der Waals surface area contributed by atoms with Crippen molar-refractivity contribution in [3.05, 3.63) is 66.7 Å². The molecule has 0 amide bonds. The summed E-state index contributed by atoms with van der Waals surface area (Å²) < 4.78 is 0. The van der Waals surface area contributed by atoms with E-state index in [2.05, 4.69) is 32.4 Å². The predicted molar refractivity (Wildman–Crippen MR) is 79.7 cm³/mol. The fourth-order valence-corrected chi connectivity index (χ4v) is 1.95. The molecule has 100 valence electrons. The molecular formula is C16H11N5. The summed E-state index contributed by atoms with van der Waals surface area (Å²) in [7, 11) is 0. The van der Waals surface area contributed by atoms with Gasteiger partial charge in [-0.1, -0.05) is 42.5 Å². The topological polar surface area (TPSA) is 74.5 Å². The van der Waals surface area contributed by atoms with E-state index in [4.69, 9.17) is 5.26 Å². The Labute approximate surface area is 122 Å². The summed E-state index contributed by atoms with van der Waals surface area (Å²) >= 11 is 0. The van der Waals surface area contributed by atoms with Crippen LogP contribution in [-0.2, 0) is 0 Å². The summed E-state index contributed by atoms with van der Waals surface area (Å²) in [6, 6.07) is 19.9. The first-order chi connectivity index (χ1) is 10.3. The molecule has 0 aliphatic heterocycles. The molecule has 3 rings (SSSR count). The number of hydrogen-bond donors (Lipinski definition) is 1. The van der Waals surface area contributed by atoms with Gasteiger partial charge in [0.15, 0.2) is 0 Å². The SMILES string of the molecule is N#Cc1ncnc(Nc2cccc(-c3ccccc3)c2)n1. The number of hydrogen-bond acceptors (Lipinski definition) is 5. The van der Waals surface area contributed by atoms with Gasteiger partial charge >= 0.3 is 0 Å². The van der Waals surface area contributed by atoms with Crippen molar-refractivity contribution >= 4 is 11.6 Å². The van der Waals surface area contributed by atoms with Gasteiger partial charge in [0.05, 0.1) is 0 Å². The Kier molecular flexibility index (Phi) is 3.52. The Bertz CT molecular complexity index is 793. The minimum Gasteiger partial charge on any atom is -0.324 e. The molecule has 0 fully saturated rings. The molecule has 1 N–H and O–H groups in total. The zero-order valence-corrected chi connectivity index (χ0v) is 11.1. The van der Waals surface area contributed by atoms with E-state index in [1.807, 2.05) is 48.5 Å². The summed E-state index contributed by atoms with van der Waals surface area (Å²) in [6.07, 6.45) is 1.31. The van der Waals surface area contributed by atoms with E-state index in [0.717, 1.165) is 16.8 Å². The Morgan fingerprint density at radius 1 is 0.905 bits per heavy atom. The number of anilines is 2. The van der Waals surface area contributed by atoms with E-state index in [1.54, 1.807) is 0 Å². The van der Waals surface area contributed by atoms with Gasteiger partial charge in [-0.3, -0.25) is 0 Å². The maximum absolute atomic E-state index is 8.79. The Balaban J connectivity index is 1.88. The molecule has 1 heterocycles. The van der Waals surface area contributed by atoms with Gasteiger partial charge < -0.3 is 5.32 Å². The first kappa shape index (κ1) is 12.8. The predicted octanol–water partition coefficient (Wildman–Crippen LogP) is 3.15. The van der Waals surface area contributed by atoms with Crippen molar-refractivity contribution in [2.75, 3.05) is 5.32 Å². The third-order valence-corrected chi connectivity index (χ3v) is 2.90. The highest BCUT2D eigenvalue weighted by atomic mass is 15.1. The van der Waals surface area contributed by atoms with Crippen LogP contribution in [0, 0.1) is 11.3 Å². The average Bonchev–Trinajstić information content (AvgIpc) is 2.56. The molecule has 0 saturated heterocycles. The van der Waals surface area contributed by atoms with Crippen LogP contribution in [0.15, 0.2) is 60.9 Å². The largest absolute Gasteiger partial charge is 0.324 e. The van der Waals surface area contributed by atoms with E-state index in [-0.39, 0.29) is 5.82 Å². The van der Waals surface area contributed by atoms with Gasteiger partial charge in [0, 0.05) is 5.69 Å². The fraction of sp³-hybridized carbons (Fsp3) is 0. The summed E-state index contributed by atoms with van der Waals surface area (Å²) in [5.41, 5.74) is 3.08. The van der Waals surface area contributed by atoms with E-state index in [1.165, 1.54) is 6.33 Å². The van der Waals surface area contributed by atoms with Crippen LogP contribution < -0.4 is 5.32 Å². The van der Waals surface area contributed by atoms with E-state index in [0.29, 0.717) is 5.95 Å². The van der Waals surface area contributed by atoms with Gasteiger partial charge in [0.2, 0.25) is 11.8 Å². The smallest absolute Gasteiger partial charge is 0.236 e. The van der Waals surface area contributed by atoms with Gasteiger partial charge in [-0.15, -0.1) is 0 Å². The monoisotopic (exact) mass is 273 g/mol. The molecule has 1 aromatic heterocycles. The van der Waals surface area contributed by atoms with Crippen molar-refractivity contribution in [3.8, 4) is 17.2 Å². The minimum atomic E-state index is 0.0895. The summed E-state index contributed by atoms with van der Waals surface area (Å²) in [6.45, 7) is 0. The summed E-state index contributed by atoms with van der Waals surface area (Å²) in [5, 5.41) is 11.9. The second kappa shape index (κ2) is 5.80. The van der Waals surface area contributed by atoms with Gasteiger partial charge in [-0.25, -0.2) is 9.97 Å². The molecule has 0 atom stereocenters. The first-order valence-corrected chi connectivity index (χ1v) is 6.37. The lowest BCUT2D eigenvalue weighted by molar-refractivity contribution is 1.02. The van der Waals surface area contributed by atoms with Crippen molar-refractivity contribution < 1.29 is 0 Å². The lowest BCUT2D eigenvalue weighted by Gasteiger charge is -2.07. The molecule has 0 spiro atoms. The number of nitrogens with one attached hydrogen (secondary N) is 1. The fourth-order valence-electron chi connectivity index (χ4n) is 1.95. The van der Waals surface area contributed by atoms with Crippen molar-refractivity contribution in [3.63, 3.8) is 0 Å². The molecule has 0 radical (unpaired) electrons. The molecule has 0 unspecified atom stereocenters. The van der Waals surface area contributed by atoms with Crippen LogP contribution in [0.4, 0.5) is 11.6 Å². The number of rotatable bonds is 3. The van der Waals surface area contributed by atoms with Gasteiger partial charge in [-0.05, 0) is 23.3 Å². The molecule has 0 aliphatic rings. The Morgan fingerprint density at radius 2 is 1.71 bits per heavy atom. The number of nitrogens with zero attached hydrogens (tertiary/aromatic N) is 4. The molecular weight excluding hydrogens is 262 g/mol. The van der Waals surface area contributed by atoms with Crippen LogP contribution >= 0.6 is 0 Å². The summed E-state index contributed by atoms with van der Waals surface area (Å²) in [5.74, 6) is 0.443. The number of aromatic nitrogens is 3. The molecule has 2 aromatic carbocycles. The average molecular weight is 273 g/mol. The molecule has 21 heavy (non-hydrogen) atoms. The molecule has 0 saturated carbocycles. The lowest BCUT2D eigenvalue weighted by atomic mass is 10.1. The quantitative estimate of drug-likeness (QED) is 0.793. The summed E-state index contributed by atoms with van der Waals surface area (Å²) in [4.78, 5) is 11.7. The standard InChI is InChI=1S/C16H11N5/c17-10-15-18-11-19-16(21-15)20-14-8-4-7-13(9-14)12-5-2-1-3-6-12/h1-9,11H,(H,18,19,20,21). The number of benzene rings is 2. The highest BCUT2D eigenvalue weighted by Gasteiger charge is 2.02. The minimum absolute atomic E-state index is 0.0895. The van der Waals surface area contributed by atoms with Crippen molar-refractivity contribution in [1.29, 1.82) is 5.26 Å². The van der Waals surface area contributed by atoms with Crippen LogP contribution in [0.2, 0.25) is 0 Å². The molecule has 5 nitrogen and oxygen atoms in total. The van der Waals surface area contributed by atoms with E-state index < -0.39 is 0 Å². The third-order valence-electron chi connectivity index (χ3n) is 2.90. The zero-order chi connectivity index (χ0) is 14.5. The molecule has 0 aliphatic carbocycles. The molecule has 5 heteroatoms. The van der Waals surface area contributed by atoms with E-state index in [9.17, 15) is 0 Å². The maximum atomic E-state index is 8.79. The lowest BCUT2D eigenvalue weighted by Crippen LogP contribution is -2.00. The van der Waals surface area contributed by atoms with Gasteiger partial charge in [0.1, 0.15) is 12.4 Å². The van der Waals surface area contributed by atoms with Crippen LogP contribution in [0.3, 0.4) is 0 Å². The number of nitriles is 1. The van der Waals surface area contributed by atoms with Crippen LogP contribution in [0.5, 0.6) is 0 Å². The van der Waals surface area contributed by atoms with Crippen LogP contribution in [-0.4, -0.2) is 15.0 Å². The normalized spacial score (nSPS) is 9.86. The van der Waals surface area contributed by atoms with Gasteiger partial charge in [0.25, 0.3) is 0 Å². The highest BCUT2D eigenvalue weighted by molar-refractivity contribution is 5.69. The third kappa shape index (κ3) is 3.01.